The lowest BCUT2D eigenvalue weighted by molar-refractivity contribution is 0.720. The highest BCUT2D eigenvalue weighted by Crippen LogP contribution is 2.27. The molecule has 1 atom stereocenters. The Morgan fingerprint density at radius 3 is 2.40 bits per heavy atom. The first kappa shape index (κ1) is 14.3. The Balaban J connectivity index is 1.80. The number of fused-ring (bicyclic) bond motifs is 1. The molecule has 1 aliphatic rings. The smallest absolute Gasteiger partial charge is 0.0336 e. The Morgan fingerprint density at radius 2 is 1.65 bits per heavy atom. The minimum atomic E-state index is 0.0308. The summed E-state index contributed by atoms with van der Waals surface area (Å²) in [5.41, 5.74) is 11.9. The van der Waals surface area contributed by atoms with Crippen molar-refractivity contribution in [3.8, 4) is 0 Å². The highest BCUT2D eigenvalue weighted by Gasteiger charge is 2.13. The Kier molecular flexibility index (Phi) is 4.29. The molecule has 104 valence electrons. The van der Waals surface area contributed by atoms with Crippen LogP contribution in [0.4, 0.5) is 0 Å². The number of rotatable bonds is 3. The number of aryl methyl sites for hydroxylation is 2. The van der Waals surface area contributed by atoms with Crippen molar-refractivity contribution < 1.29 is 0 Å². The topological polar surface area (TPSA) is 26.0 Å². The van der Waals surface area contributed by atoms with Gasteiger partial charge in [0.05, 0.1) is 0 Å². The van der Waals surface area contributed by atoms with Crippen LogP contribution in [0.2, 0.25) is 0 Å². The summed E-state index contributed by atoms with van der Waals surface area (Å²) in [7, 11) is 0. The molecule has 0 bridgehead atoms. The van der Waals surface area contributed by atoms with E-state index in [1.165, 1.54) is 36.0 Å². The van der Waals surface area contributed by atoms with E-state index in [4.69, 9.17) is 5.73 Å². The first-order valence-electron chi connectivity index (χ1n) is 6.94. The number of hydrogen-bond donors (Lipinski definition) is 1. The number of benzene rings is 2. The second-order valence-electron chi connectivity index (χ2n) is 5.47. The molecule has 0 fully saturated rings. The van der Waals surface area contributed by atoms with Crippen molar-refractivity contribution in [3.05, 3.63) is 67.6 Å². The molecule has 0 saturated carbocycles. The van der Waals surface area contributed by atoms with E-state index in [2.05, 4.69) is 62.2 Å². The van der Waals surface area contributed by atoms with Crippen LogP contribution in [0.3, 0.4) is 0 Å². The molecule has 20 heavy (non-hydrogen) atoms. The Morgan fingerprint density at radius 1 is 0.950 bits per heavy atom. The first-order valence-corrected chi connectivity index (χ1v) is 8.52. The van der Waals surface area contributed by atoms with Crippen molar-refractivity contribution in [3.63, 3.8) is 0 Å². The van der Waals surface area contributed by atoms with Gasteiger partial charge in [0.1, 0.15) is 0 Å². The maximum absolute atomic E-state index is 6.37. The zero-order chi connectivity index (χ0) is 14.1. The van der Waals surface area contributed by atoms with E-state index in [9.17, 15) is 0 Å². The monoisotopic (exact) mass is 393 g/mol. The third-order valence-corrected chi connectivity index (χ3v) is 4.85. The summed E-state index contributed by atoms with van der Waals surface area (Å²) < 4.78 is 2.12. The number of halogens is 2. The third-order valence-electron chi connectivity index (χ3n) is 3.93. The standard InChI is InChI=1S/C17H17Br2N/c18-15-8-14(9-16(19)10-15)17(20)7-11-4-5-12-2-1-3-13(12)6-11/h4-6,8-10,17H,1-3,7,20H2. The highest BCUT2D eigenvalue weighted by molar-refractivity contribution is 9.11. The van der Waals surface area contributed by atoms with Crippen LogP contribution in [-0.2, 0) is 19.3 Å². The van der Waals surface area contributed by atoms with Crippen LogP contribution < -0.4 is 5.73 Å². The molecular formula is C17H17Br2N. The normalized spacial score (nSPS) is 15.2. The Hall–Kier alpha value is -0.640. The fourth-order valence-corrected chi connectivity index (χ4v) is 4.24. The zero-order valence-electron chi connectivity index (χ0n) is 11.2. The minimum Gasteiger partial charge on any atom is -0.324 e. The summed E-state index contributed by atoms with van der Waals surface area (Å²) in [6.45, 7) is 0. The van der Waals surface area contributed by atoms with Crippen molar-refractivity contribution in [1.29, 1.82) is 0 Å². The fraction of sp³-hybridized carbons (Fsp3) is 0.294. The van der Waals surface area contributed by atoms with Gasteiger partial charge in [0.25, 0.3) is 0 Å². The molecule has 0 spiro atoms. The van der Waals surface area contributed by atoms with Crippen LogP contribution in [0.1, 0.15) is 34.7 Å². The molecule has 0 amide bonds. The third kappa shape index (κ3) is 3.16. The van der Waals surface area contributed by atoms with Gasteiger partial charge in [0.2, 0.25) is 0 Å². The molecule has 2 N–H and O–H groups in total. The summed E-state index contributed by atoms with van der Waals surface area (Å²) in [5.74, 6) is 0. The lowest BCUT2D eigenvalue weighted by Gasteiger charge is -2.14. The predicted octanol–water partition coefficient (Wildman–Crippen LogP) is 4.94. The summed E-state index contributed by atoms with van der Waals surface area (Å²) >= 11 is 7.04. The highest BCUT2D eigenvalue weighted by atomic mass is 79.9. The van der Waals surface area contributed by atoms with Crippen molar-refractivity contribution in [2.45, 2.75) is 31.7 Å². The van der Waals surface area contributed by atoms with E-state index >= 15 is 0 Å². The number of nitrogens with two attached hydrogens (primary N) is 1. The molecule has 1 nitrogen and oxygen atoms in total. The number of hydrogen-bond acceptors (Lipinski definition) is 1. The fourth-order valence-electron chi connectivity index (χ4n) is 2.91. The molecule has 3 heteroatoms. The molecule has 2 aromatic carbocycles. The summed E-state index contributed by atoms with van der Waals surface area (Å²) in [4.78, 5) is 0. The molecule has 1 aliphatic carbocycles. The van der Waals surface area contributed by atoms with Gasteiger partial charge < -0.3 is 5.73 Å². The maximum Gasteiger partial charge on any atom is 0.0336 e. The van der Waals surface area contributed by atoms with Crippen molar-refractivity contribution >= 4 is 31.9 Å². The van der Waals surface area contributed by atoms with Crippen LogP contribution >= 0.6 is 31.9 Å². The van der Waals surface area contributed by atoms with Gasteiger partial charge in [-0.05, 0) is 66.1 Å². The van der Waals surface area contributed by atoms with E-state index in [1.54, 1.807) is 0 Å². The molecule has 2 aromatic rings. The van der Waals surface area contributed by atoms with E-state index in [-0.39, 0.29) is 6.04 Å². The van der Waals surface area contributed by atoms with Gasteiger partial charge in [-0.1, -0.05) is 50.1 Å². The summed E-state index contributed by atoms with van der Waals surface area (Å²) in [5, 5.41) is 0. The molecule has 1 unspecified atom stereocenters. The second kappa shape index (κ2) is 6.00. The maximum atomic E-state index is 6.37. The molecule has 3 rings (SSSR count). The van der Waals surface area contributed by atoms with E-state index in [1.807, 2.05) is 6.07 Å². The molecule has 0 radical (unpaired) electrons. The van der Waals surface area contributed by atoms with Gasteiger partial charge in [-0.2, -0.15) is 0 Å². The van der Waals surface area contributed by atoms with Crippen LogP contribution in [0.5, 0.6) is 0 Å². The van der Waals surface area contributed by atoms with Gasteiger partial charge in [-0.3, -0.25) is 0 Å². The van der Waals surface area contributed by atoms with Crippen LogP contribution in [0.25, 0.3) is 0 Å². The van der Waals surface area contributed by atoms with Crippen molar-refractivity contribution in [2.75, 3.05) is 0 Å². The average molecular weight is 395 g/mol. The molecule has 0 heterocycles. The largest absolute Gasteiger partial charge is 0.324 e. The quantitative estimate of drug-likeness (QED) is 0.783. The predicted molar refractivity (Wildman–Crippen MR) is 90.9 cm³/mol. The SMILES string of the molecule is NC(Cc1ccc2c(c1)CCC2)c1cc(Br)cc(Br)c1. The minimum absolute atomic E-state index is 0.0308. The first-order chi connectivity index (χ1) is 9.61. The lowest BCUT2D eigenvalue weighted by Crippen LogP contribution is -2.13. The molecule has 0 aliphatic heterocycles. The van der Waals surface area contributed by atoms with Crippen LogP contribution in [0.15, 0.2) is 45.3 Å². The average Bonchev–Trinajstić information content (AvgIpc) is 2.85. The summed E-state index contributed by atoms with van der Waals surface area (Å²) in [6.07, 6.45) is 4.64. The van der Waals surface area contributed by atoms with E-state index in [0.29, 0.717) is 0 Å². The van der Waals surface area contributed by atoms with Gasteiger partial charge >= 0.3 is 0 Å². The van der Waals surface area contributed by atoms with Gasteiger partial charge in [0, 0.05) is 15.0 Å². The van der Waals surface area contributed by atoms with Crippen LogP contribution in [0, 0.1) is 0 Å². The van der Waals surface area contributed by atoms with Crippen molar-refractivity contribution in [2.24, 2.45) is 5.73 Å². The second-order valence-corrected chi connectivity index (χ2v) is 7.30. The van der Waals surface area contributed by atoms with Crippen molar-refractivity contribution in [1.82, 2.24) is 0 Å². The zero-order valence-corrected chi connectivity index (χ0v) is 14.4. The van der Waals surface area contributed by atoms with E-state index in [0.717, 1.165) is 20.9 Å². The van der Waals surface area contributed by atoms with Gasteiger partial charge in [0.15, 0.2) is 0 Å². The Labute approximate surface area is 136 Å². The molecular weight excluding hydrogens is 378 g/mol. The lowest BCUT2D eigenvalue weighted by atomic mass is 9.97. The van der Waals surface area contributed by atoms with Gasteiger partial charge in [-0.15, -0.1) is 0 Å². The summed E-state index contributed by atoms with van der Waals surface area (Å²) in [6, 6.07) is 13.1. The Bertz CT molecular complexity index is 617. The van der Waals surface area contributed by atoms with E-state index < -0.39 is 0 Å². The molecule has 0 aromatic heterocycles. The van der Waals surface area contributed by atoms with Gasteiger partial charge in [-0.25, -0.2) is 0 Å². The molecule has 0 saturated heterocycles. The van der Waals surface area contributed by atoms with Crippen LogP contribution in [-0.4, -0.2) is 0 Å².